The number of hydrogen-bond donors (Lipinski definition) is 1. The zero-order chi connectivity index (χ0) is 16.2. The van der Waals surface area contributed by atoms with E-state index in [1.807, 2.05) is 61.5 Å². The second-order valence-electron chi connectivity index (χ2n) is 6.08. The third-order valence-electron chi connectivity index (χ3n) is 4.15. The Kier molecular flexibility index (Phi) is 4.42. The van der Waals surface area contributed by atoms with Gasteiger partial charge in [0.25, 0.3) is 0 Å². The van der Waals surface area contributed by atoms with Crippen LogP contribution in [0.2, 0.25) is 0 Å². The molecule has 1 aliphatic carbocycles. The van der Waals surface area contributed by atoms with E-state index in [1.165, 1.54) is 5.56 Å². The molecule has 2 aromatic rings. The van der Waals surface area contributed by atoms with Gasteiger partial charge in [0.15, 0.2) is 0 Å². The maximum atomic E-state index is 12.1. The molecule has 0 saturated heterocycles. The number of carbonyl (C=O) groups is 1. The average molecular weight is 307 g/mol. The van der Waals surface area contributed by atoms with Crippen LogP contribution in [-0.2, 0) is 4.79 Å². The van der Waals surface area contributed by atoms with Crippen molar-refractivity contribution in [1.82, 2.24) is 5.43 Å². The summed E-state index contributed by atoms with van der Waals surface area (Å²) in [5.41, 5.74) is 5.98. The summed E-state index contributed by atoms with van der Waals surface area (Å²) in [7, 11) is 4.00. The summed E-state index contributed by atoms with van der Waals surface area (Å²) in [6.07, 6.45) is 2.58. The molecular formula is C19H21N3O. The Balaban J connectivity index is 1.51. The van der Waals surface area contributed by atoms with Gasteiger partial charge in [0.2, 0.25) is 5.91 Å². The van der Waals surface area contributed by atoms with Crippen LogP contribution in [0.3, 0.4) is 0 Å². The Labute approximate surface area is 136 Å². The van der Waals surface area contributed by atoms with Crippen molar-refractivity contribution in [2.45, 2.75) is 12.3 Å². The maximum absolute atomic E-state index is 12.1. The lowest BCUT2D eigenvalue weighted by molar-refractivity contribution is -0.122. The molecule has 1 saturated carbocycles. The van der Waals surface area contributed by atoms with Crippen molar-refractivity contribution < 1.29 is 4.79 Å². The van der Waals surface area contributed by atoms with Crippen LogP contribution in [0.5, 0.6) is 0 Å². The van der Waals surface area contributed by atoms with Crippen molar-refractivity contribution in [3.63, 3.8) is 0 Å². The molecule has 4 nitrogen and oxygen atoms in total. The van der Waals surface area contributed by atoms with Gasteiger partial charge in [-0.3, -0.25) is 4.79 Å². The Hall–Kier alpha value is -2.62. The van der Waals surface area contributed by atoms with Crippen LogP contribution < -0.4 is 10.3 Å². The number of hydrogen-bond acceptors (Lipinski definition) is 3. The molecule has 0 heterocycles. The van der Waals surface area contributed by atoms with E-state index < -0.39 is 0 Å². The Morgan fingerprint density at radius 2 is 1.83 bits per heavy atom. The number of carbonyl (C=O) groups excluding carboxylic acids is 1. The highest BCUT2D eigenvalue weighted by Gasteiger charge is 2.43. The van der Waals surface area contributed by atoms with Crippen LogP contribution in [0.15, 0.2) is 59.7 Å². The molecule has 0 radical (unpaired) electrons. The largest absolute Gasteiger partial charge is 0.378 e. The molecule has 0 aliphatic heterocycles. The van der Waals surface area contributed by atoms with Crippen molar-refractivity contribution in [3.8, 4) is 0 Å². The zero-order valence-corrected chi connectivity index (χ0v) is 13.4. The topological polar surface area (TPSA) is 44.7 Å². The average Bonchev–Trinajstić information content (AvgIpc) is 3.37. The van der Waals surface area contributed by atoms with E-state index in [0.29, 0.717) is 5.92 Å². The van der Waals surface area contributed by atoms with Gasteiger partial charge in [-0.2, -0.15) is 5.10 Å². The molecule has 1 N–H and O–H groups in total. The Morgan fingerprint density at radius 1 is 1.13 bits per heavy atom. The summed E-state index contributed by atoms with van der Waals surface area (Å²) in [6, 6.07) is 18.2. The number of anilines is 1. The molecule has 2 aromatic carbocycles. The summed E-state index contributed by atoms with van der Waals surface area (Å²) in [5, 5.41) is 4.07. The minimum absolute atomic E-state index is 0.0000136. The summed E-state index contributed by atoms with van der Waals surface area (Å²) in [6.45, 7) is 0. The predicted octanol–water partition coefficient (Wildman–Crippen LogP) is 3.01. The highest BCUT2D eigenvalue weighted by molar-refractivity contribution is 5.85. The molecule has 4 heteroatoms. The molecule has 0 spiro atoms. The molecule has 0 aromatic heterocycles. The number of rotatable bonds is 5. The molecule has 1 amide bonds. The molecule has 118 valence electrons. The number of amides is 1. The van der Waals surface area contributed by atoms with Crippen molar-refractivity contribution >= 4 is 17.8 Å². The van der Waals surface area contributed by atoms with E-state index in [4.69, 9.17) is 0 Å². The normalized spacial score (nSPS) is 19.6. The summed E-state index contributed by atoms with van der Waals surface area (Å²) < 4.78 is 0. The molecule has 1 aliphatic rings. The maximum Gasteiger partial charge on any atom is 0.243 e. The number of hydrazone groups is 1. The SMILES string of the molecule is CN(C)c1ccc(C=NNC(=O)[C@@H]2C[C@@H]2c2ccccc2)cc1. The zero-order valence-electron chi connectivity index (χ0n) is 13.4. The number of nitrogens with one attached hydrogen (secondary N) is 1. The van der Waals surface area contributed by atoms with Gasteiger partial charge in [0, 0.05) is 25.7 Å². The van der Waals surface area contributed by atoms with Crippen LogP contribution in [0.1, 0.15) is 23.5 Å². The van der Waals surface area contributed by atoms with Crippen molar-refractivity contribution in [2.75, 3.05) is 19.0 Å². The fourth-order valence-electron chi connectivity index (χ4n) is 2.67. The monoisotopic (exact) mass is 307 g/mol. The molecule has 0 bridgehead atoms. The van der Waals surface area contributed by atoms with E-state index in [2.05, 4.69) is 22.7 Å². The lowest BCUT2D eigenvalue weighted by atomic mass is 10.1. The lowest BCUT2D eigenvalue weighted by Gasteiger charge is -2.11. The predicted molar refractivity (Wildman–Crippen MR) is 93.8 cm³/mol. The minimum Gasteiger partial charge on any atom is -0.378 e. The minimum atomic E-state index is 0.0000136. The van der Waals surface area contributed by atoms with Gasteiger partial charge >= 0.3 is 0 Å². The summed E-state index contributed by atoms with van der Waals surface area (Å²) >= 11 is 0. The highest BCUT2D eigenvalue weighted by atomic mass is 16.2. The van der Waals surface area contributed by atoms with Gasteiger partial charge in [0.05, 0.1) is 6.21 Å². The third kappa shape index (κ3) is 3.77. The van der Waals surface area contributed by atoms with Gasteiger partial charge < -0.3 is 4.90 Å². The highest BCUT2D eigenvalue weighted by Crippen LogP contribution is 2.47. The summed E-state index contributed by atoms with van der Waals surface area (Å²) in [5.74, 6) is 0.386. The molecule has 2 atom stereocenters. The van der Waals surface area contributed by atoms with Crippen LogP contribution >= 0.6 is 0 Å². The van der Waals surface area contributed by atoms with Crippen LogP contribution in [-0.4, -0.2) is 26.2 Å². The molecular weight excluding hydrogens is 286 g/mol. The van der Waals surface area contributed by atoms with Crippen LogP contribution in [0.25, 0.3) is 0 Å². The molecule has 23 heavy (non-hydrogen) atoms. The smallest absolute Gasteiger partial charge is 0.243 e. The van der Waals surface area contributed by atoms with E-state index in [0.717, 1.165) is 17.7 Å². The van der Waals surface area contributed by atoms with E-state index >= 15 is 0 Å². The van der Waals surface area contributed by atoms with Crippen molar-refractivity contribution in [2.24, 2.45) is 11.0 Å². The fraction of sp³-hybridized carbons (Fsp3) is 0.263. The molecule has 3 rings (SSSR count). The van der Waals surface area contributed by atoms with Gasteiger partial charge in [-0.05, 0) is 35.6 Å². The number of benzene rings is 2. The first-order chi connectivity index (χ1) is 11.1. The first kappa shape index (κ1) is 15.3. The van der Waals surface area contributed by atoms with Gasteiger partial charge in [-0.1, -0.05) is 42.5 Å². The van der Waals surface area contributed by atoms with Crippen LogP contribution in [0.4, 0.5) is 5.69 Å². The van der Waals surface area contributed by atoms with Gasteiger partial charge in [-0.15, -0.1) is 0 Å². The second kappa shape index (κ2) is 6.65. The van der Waals surface area contributed by atoms with Crippen molar-refractivity contribution in [1.29, 1.82) is 0 Å². The summed E-state index contributed by atoms with van der Waals surface area (Å²) in [4.78, 5) is 14.1. The quantitative estimate of drug-likeness (QED) is 0.682. The Bertz CT molecular complexity index is 692. The lowest BCUT2D eigenvalue weighted by Crippen LogP contribution is -2.20. The third-order valence-corrected chi connectivity index (χ3v) is 4.15. The standard InChI is InChI=1S/C19H21N3O/c1-22(2)16-10-8-14(9-11-16)13-20-21-19(23)18-12-17(18)15-6-4-3-5-7-15/h3-11,13,17-18H,12H2,1-2H3,(H,21,23)/t17-,18-/m1/s1. The van der Waals surface area contributed by atoms with Gasteiger partial charge in [0.1, 0.15) is 0 Å². The number of nitrogens with zero attached hydrogens (tertiary/aromatic N) is 2. The molecule has 0 unspecified atom stereocenters. The first-order valence-electron chi connectivity index (χ1n) is 7.80. The van der Waals surface area contributed by atoms with E-state index in [1.54, 1.807) is 6.21 Å². The van der Waals surface area contributed by atoms with Crippen LogP contribution in [0, 0.1) is 5.92 Å². The first-order valence-corrected chi connectivity index (χ1v) is 7.80. The van der Waals surface area contributed by atoms with E-state index in [-0.39, 0.29) is 11.8 Å². The van der Waals surface area contributed by atoms with Crippen molar-refractivity contribution in [3.05, 3.63) is 65.7 Å². The van der Waals surface area contributed by atoms with Gasteiger partial charge in [-0.25, -0.2) is 5.43 Å². The van der Waals surface area contributed by atoms with E-state index in [9.17, 15) is 4.79 Å². The fourth-order valence-corrected chi connectivity index (χ4v) is 2.67. The second-order valence-corrected chi connectivity index (χ2v) is 6.08. The molecule has 1 fully saturated rings. The Morgan fingerprint density at radius 3 is 2.48 bits per heavy atom.